The Bertz CT molecular complexity index is 745. The minimum atomic E-state index is -0.227. The van der Waals surface area contributed by atoms with Crippen LogP contribution in [0.15, 0.2) is 41.4 Å². The number of benzene rings is 2. The number of nitrogens with zero attached hydrogens (tertiary/aromatic N) is 1. The van der Waals surface area contributed by atoms with Crippen LogP contribution in [0.4, 0.5) is 4.39 Å². The predicted octanol–water partition coefficient (Wildman–Crippen LogP) is 3.38. The molecule has 0 aliphatic carbocycles. The topological polar surface area (TPSA) is 64.1 Å². The zero-order valence-corrected chi connectivity index (χ0v) is 18.9. The Balaban J connectivity index is 0.00000392. The van der Waals surface area contributed by atoms with E-state index in [1.54, 1.807) is 40.5 Å². The number of halogens is 2. The maximum atomic E-state index is 12.9. The summed E-state index contributed by atoms with van der Waals surface area (Å²) in [4.78, 5) is 4.21. The van der Waals surface area contributed by atoms with Crippen LogP contribution >= 0.6 is 24.0 Å². The van der Waals surface area contributed by atoms with Gasteiger partial charge in [-0.1, -0.05) is 12.1 Å². The summed E-state index contributed by atoms with van der Waals surface area (Å²) in [5, 5.41) is 6.49. The van der Waals surface area contributed by atoms with E-state index in [1.807, 2.05) is 12.1 Å². The molecule has 6 nitrogen and oxygen atoms in total. The van der Waals surface area contributed by atoms with Gasteiger partial charge in [0, 0.05) is 20.1 Å². The van der Waals surface area contributed by atoms with Gasteiger partial charge in [-0.15, -0.1) is 24.0 Å². The van der Waals surface area contributed by atoms with Crippen LogP contribution in [0.1, 0.15) is 11.1 Å². The van der Waals surface area contributed by atoms with Gasteiger partial charge in [0.1, 0.15) is 5.82 Å². The second-order valence-corrected chi connectivity index (χ2v) is 5.76. The molecule has 0 spiro atoms. The molecule has 0 fully saturated rings. The van der Waals surface area contributed by atoms with Gasteiger partial charge in [-0.05, 0) is 41.8 Å². The SMILES string of the molecule is CN=C(NCCc1ccc(F)cc1)NCc1cc(OC)c(OC)c(OC)c1.I. The van der Waals surface area contributed by atoms with E-state index in [-0.39, 0.29) is 29.8 Å². The third-order valence-electron chi connectivity index (χ3n) is 4.03. The molecule has 0 atom stereocenters. The van der Waals surface area contributed by atoms with Gasteiger partial charge >= 0.3 is 0 Å². The zero-order valence-electron chi connectivity index (χ0n) is 16.5. The smallest absolute Gasteiger partial charge is 0.203 e. The van der Waals surface area contributed by atoms with Gasteiger partial charge in [-0.3, -0.25) is 4.99 Å². The third kappa shape index (κ3) is 6.74. The van der Waals surface area contributed by atoms with Crippen LogP contribution in [0, 0.1) is 5.82 Å². The summed E-state index contributed by atoms with van der Waals surface area (Å²) in [5.41, 5.74) is 2.02. The zero-order chi connectivity index (χ0) is 19.6. The average Bonchev–Trinajstić information content (AvgIpc) is 2.70. The van der Waals surface area contributed by atoms with E-state index >= 15 is 0 Å². The molecule has 0 heterocycles. The van der Waals surface area contributed by atoms with Crippen molar-refractivity contribution in [1.29, 1.82) is 0 Å². The van der Waals surface area contributed by atoms with E-state index < -0.39 is 0 Å². The first-order chi connectivity index (χ1) is 13.1. The largest absolute Gasteiger partial charge is 0.493 e. The molecule has 0 unspecified atom stereocenters. The Kier molecular flexibility index (Phi) is 10.4. The first kappa shape index (κ1) is 23.8. The van der Waals surface area contributed by atoms with Gasteiger partial charge in [-0.25, -0.2) is 4.39 Å². The molecule has 0 aromatic heterocycles. The second-order valence-electron chi connectivity index (χ2n) is 5.76. The molecule has 2 aromatic rings. The van der Waals surface area contributed by atoms with Crippen molar-refractivity contribution in [3.8, 4) is 17.2 Å². The van der Waals surface area contributed by atoms with E-state index in [0.717, 1.165) is 17.5 Å². The van der Waals surface area contributed by atoms with E-state index in [2.05, 4.69) is 15.6 Å². The quantitative estimate of drug-likeness (QED) is 0.329. The van der Waals surface area contributed by atoms with Crippen molar-refractivity contribution < 1.29 is 18.6 Å². The maximum absolute atomic E-state index is 12.9. The normalized spacial score (nSPS) is 10.7. The molecular weight excluding hydrogens is 476 g/mol. The lowest BCUT2D eigenvalue weighted by atomic mass is 10.1. The van der Waals surface area contributed by atoms with E-state index in [4.69, 9.17) is 14.2 Å². The fraction of sp³-hybridized carbons (Fsp3) is 0.350. The summed E-state index contributed by atoms with van der Waals surface area (Å²) >= 11 is 0. The lowest BCUT2D eigenvalue weighted by Crippen LogP contribution is -2.37. The molecule has 0 saturated heterocycles. The molecule has 28 heavy (non-hydrogen) atoms. The molecule has 0 aliphatic heterocycles. The highest BCUT2D eigenvalue weighted by Gasteiger charge is 2.13. The fourth-order valence-corrected chi connectivity index (χ4v) is 2.62. The molecule has 8 heteroatoms. The highest BCUT2D eigenvalue weighted by molar-refractivity contribution is 14.0. The van der Waals surface area contributed by atoms with Gasteiger partial charge < -0.3 is 24.8 Å². The van der Waals surface area contributed by atoms with Crippen LogP contribution in [0.5, 0.6) is 17.2 Å². The Morgan fingerprint density at radius 2 is 1.54 bits per heavy atom. The lowest BCUT2D eigenvalue weighted by Gasteiger charge is -2.16. The van der Waals surface area contributed by atoms with Crippen molar-refractivity contribution in [3.05, 3.63) is 53.3 Å². The third-order valence-corrected chi connectivity index (χ3v) is 4.03. The van der Waals surface area contributed by atoms with Gasteiger partial charge in [0.05, 0.1) is 21.3 Å². The van der Waals surface area contributed by atoms with Crippen LogP contribution in [0.25, 0.3) is 0 Å². The number of hydrogen-bond acceptors (Lipinski definition) is 4. The molecule has 2 N–H and O–H groups in total. The summed E-state index contributed by atoms with van der Waals surface area (Å²) < 4.78 is 29.0. The van der Waals surface area contributed by atoms with Crippen LogP contribution < -0.4 is 24.8 Å². The van der Waals surface area contributed by atoms with Crippen molar-refractivity contribution in [2.75, 3.05) is 34.9 Å². The maximum Gasteiger partial charge on any atom is 0.203 e. The van der Waals surface area contributed by atoms with Crippen molar-refractivity contribution in [2.45, 2.75) is 13.0 Å². The molecule has 154 valence electrons. The van der Waals surface area contributed by atoms with E-state index in [9.17, 15) is 4.39 Å². The molecular formula is C20H27FIN3O3. The van der Waals surface area contributed by atoms with Crippen molar-refractivity contribution in [1.82, 2.24) is 10.6 Å². The number of guanidine groups is 1. The second kappa shape index (κ2) is 12.3. The Morgan fingerprint density at radius 3 is 2.04 bits per heavy atom. The molecule has 2 aromatic carbocycles. The van der Waals surface area contributed by atoms with Gasteiger partial charge in [0.25, 0.3) is 0 Å². The van der Waals surface area contributed by atoms with Gasteiger partial charge in [0.2, 0.25) is 5.75 Å². The number of ether oxygens (including phenoxy) is 3. The minimum absolute atomic E-state index is 0. The number of methoxy groups -OCH3 is 3. The monoisotopic (exact) mass is 503 g/mol. The first-order valence-electron chi connectivity index (χ1n) is 8.59. The van der Waals surface area contributed by atoms with Gasteiger partial charge in [0.15, 0.2) is 17.5 Å². The molecule has 2 rings (SSSR count). The summed E-state index contributed by atoms with van der Waals surface area (Å²) in [6, 6.07) is 10.3. The van der Waals surface area contributed by atoms with Crippen LogP contribution in [-0.2, 0) is 13.0 Å². The van der Waals surface area contributed by atoms with Crippen molar-refractivity contribution in [3.63, 3.8) is 0 Å². The highest BCUT2D eigenvalue weighted by Crippen LogP contribution is 2.38. The molecule has 0 bridgehead atoms. The van der Waals surface area contributed by atoms with Crippen LogP contribution in [-0.4, -0.2) is 40.9 Å². The predicted molar refractivity (Wildman–Crippen MR) is 120 cm³/mol. The lowest BCUT2D eigenvalue weighted by molar-refractivity contribution is 0.323. The molecule has 0 amide bonds. The van der Waals surface area contributed by atoms with Crippen molar-refractivity contribution >= 4 is 29.9 Å². The van der Waals surface area contributed by atoms with E-state index in [1.165, 1.54) is 12.1 Å². The summed E-state index contributed by atoms with van der Waals surface area (Å²) in [6.45, 7) is 1.22. The van der Waals surface area contributed by atoms with Crippen LogP contribution in [0.2, 0.25) is 0 Å². The number of hydrogen-bond donors (Lipinski definition) is 2. The number of aliphatic imine (C=N–C) groups is 1. The summed E-state index contributed by atoms with van der Waals surface area (Å²) in [6.07, 6.45) is 0.769. The average molecular weight is 503 g/mol. The Morgan fingerprint density at radius 1 is 0.929 bits per heavy atom. The molecule has 0 saturated carbocycles. The summed E-state index contributed by atoms with van der Waals surface area (Å²) in [5.74, 6) is 2.21. The standard InChI is InChI=1S/C20H26FN3O3.HI/c1-22-20(23-10-9-14-5-7-16(21)8-6-14)24-13-15-11-17(25-2)19(27-4)18(12-15)26-3;/h5-8,11-12H,9-10,13H2,1-4H3,(H2,22,23,24);1H. The summed E-state index contributed by atoms with van der Waals surface area (Å²) in [7, 11) is 6.46. The number of nitrogens with one attached hydrogen (secondary N) is 2. The van der Waals surface area contributed by atoms with Gasteiger partial charge in [-0.2, -0.15) is 0 Å². The Labute approximate surface area is 182 Å². The van der Waals surface area contributed by atoms with Crippen LogP contribution in [0.3, 0.4) is 0 Å². The first-order valence-corrected chi connectivity index (χ1v) is 8.59. The van der Waals surface area contributed by atoms with Crippen molar-refractivity contribution in [2.24, 2.45) is 4.99 Å². The Hall–Kier alpha value is -2.23. The number of rotatable bonds is 8. The molecule has 0 aliphatic rings. The minimum Gasteiger partial charge on any atom is -0.493 e. The van der Waals surface area contributed by atoms with E-state index in [0.29, 0.717) is 36.3 Å². The fourth-order valence-electron chi connectivity index (χ4n) is 2.62. The molecule has 0 radical (unpaired) electrons. The highest BCUT2D eigenvalue weighted by atomic mass is 127.